The molecule has 1 fully saturated rings. The van der Waals surface area contributed by atoms with Crippen molar-refractivity contribution < 1.29 is 4.84 Å². The van der Waals surface area contributed by atoms with E-state index in [-0.39, 0.29) is 0 Å². The second-order valence-corrected chi connectivity index (χ2v) is 2.00. The molecule has 1 heterocycles. The molecule has 0 unspecified atom stereocenters. The zero-order valence-electron chi connectivity index (χ0n) is 3.92. The third kappa shape index (κ3) is 0.406. The lowest BCUT2D eigenvalue weighted by atomic mass is 10.3. The van der Waals surface area contributed by atoms with Gasteiger partial charge in [-0.2, -0.15) is 5.48 Å². The fourth-order valence-corrected chi connectivity index (χ4v) is 1.02. The van der Waals surface area contributed by atoms with Crippen molar-refractivity contribution in [2.75, 3.05) is 0 Å². The van der Waals surface area contributed by atoms with Gasteiger partial charge in [-0.05, 0) is 0 Å². The van der Waals surface area contributed by atoms with Crippen molar-refractivity contribution in [1.29, 1.82) is 0 Å². The summed E-state index contributed by atoms with van der Waals surface area (Å²) in [6.07, 6.45) is 5.76. The van der Waals surface area contributed by atoms with Gasteiger partial charge in [0.05, 0.1) is 12.1 Å². The van der Waals surface area contributed by atoms with Gasteiger partial charge in [-0.3, -0.25) is 4.84 Å². The fraction of sp³-hybridized carbons (Fsp3) is 0.600. The summed E-state index contributed by atoms with van der Waals surface area (Å²) in [7, 11) is 0. The van der Waals surface area contributed by atoms with Crippen LogP contribution in [0.15, 0.2) is 12.2 Å². The lowest BCUT2D eigenvalue weighted by molar-refractivity contribution is 0.0483. The van der Waals surface area contributed by atoms with Gasteiger partial charge in [-0.25, -0.2) is 0 Å². The Labute approximate surface area is 42.1 Å². The van der Waals surface area contributed by atoms with Gasteiger partial charge < -0.3 is 0 Å². The molecule has 1 N–H and O–H groups in total. The highest BCUT2D eigenvalue weighted by Gasteiger charge is 2.26. The molecule has 2 atom stereocenters. The number of fused-ring (bicyclic) bond motifs is 2. The van der Waals surface area contributed by atoms with Gasteiger partial charge in [-0.1, -0.05) is 12.2 Å². The Bertz CT molecular complexity index is 98.6. The van der Waals surface area contributed by atoms with Crippen LogP contribution in [-0.2, 0) is 4.84 Å². The third-order valence-electron chi connectivity index (χ3n) is 1.42. The lowest BCUT2D eigenvalue weighted by Crippen LogP contribution is -2.19. The van der Waals surface area contributed by atoms with E-state index in [1.165, 1.54) is 0 Å². The normalized spacial score (nSPS) is 45.7. The topological polar surface area (TPSA) is 21.3 Å². The quantitative estimate of drug-likeness (QED) is 0.436. The highest BCUT2D eigenvalue weighted by atomic mass is 16.7. The minimum absolute atomic E-state index is 0.380. The Morgan fingerprint density at radius 1 is 1.57 bits per heavy atom. The number of hydroxylamine groups is 1. The number of rotatable bonds is 0. The monoisotopic (exact) mass is 97.1 g/mol. The first-order valence-electron chi connectivity index (χ1n) is 2.54. The van der Waals surface area contributed by atoms with E-state index in [4.69, 9.17) is 4.84 Å². The Morgan fingerprint density at radius 3 is 2.71 bits per heavy atom. The van der Waals surface area contributed by atoms with Crippen LogP contribution in [0, 0.1) is 0 Å². The maximum absolute atomic E-state index is 5.02. The molecule has 0 radical (unpaired) electrons. The molecule has 2 nitrogen and oxygen atoms in total. The van der Waals surface area contributed by atoms with Crippen molar-refractivity contribution in [2.45, 2.75) is 18.6 Å². The molecule has 1 aliphatic carbocycles. The number of nitrogens with one attached hydrogen (secondary N) is 1. The fourth-order valence-electron chi connectivity index (χ4n) is 1.02. The van der Waals surface area contributed by atoms with Crippen LogP contribution in [0.1, 0.15) is 6.42 Å². The Morgan fingerprint density at radius 2 is 2.57 bits per heavy atom. The first-order chi connectivity index (χ1) is 3.45. The number of hydrogen-bond acceptors (Lipinski definition) is 2. The summed E-state index contributed by atoms with van der Waals surface area (Å²) in [5.41, 5.74) is 2.87. The van der Waals surface area contributed by atoms with Gasteiger partial charge in [0.15, 0.2) is 0 Å². The van der Waals surface area contributed by atoms with Gasteiger partial charge in [0.25, 0.3) is 0 Å². The highest BCUT2D eigenvalue weighted by Crippen LogP contribution is 2.19. The van der Waals surface area contributed by atoms with Crippen LogP contribution in [0.2, 0.25) is 0 Å². The SMILES string of the molecule is C1=C[C@H]2C[C@@H]1ON2. The molecule has 0 aromatic heterocycles. The Hall–Kier alpha value is -0.340. The van der Waals surface area contributed by atoms with Crippen molar-refractivity contribution in [2.24, 2.45) is 0 Å². The van der Waals surface area contributed by atoms with Crippen LogP contribution in [-0.4, -0.2) is 12.1 Å². The van der Waals surface area contributed by atoms with Gasteiger partial charge in [0.2, 0.25) is 0 Å². The average Bonchev–Trinajstić information content (AvgIpc) is 2.22. The highest BCUT2D eigenvalue weighted by molar-refractivity contribution is 5.09. The summed E-state index contributed by atoms with van der Waals surface area (Å²) in [4.78, 5) is 5.02. The van der Waals surface area contributed by atoms with E-state index >= 15 is 0 Å². The lowest BCUT2D eigenvalue weighted by Gasteiger charge is -2.02. The van der Waals surface area contributed by atoms with Gasteiger partial charge in [-0.15, -0.1) is 0 Å². The van der Waals surface area contributed by atoms with Gasteiger partial charge >= 0.3 is 0 Å². The van der Waals surface area contributed by atoms with Crippen LogP contribution in [0.5, 0.6) is 0 Å². The number of hydrogen-bond donors (Lipinski definition) is 1. The molecule has 0 aromatic rings. The molecule has 0 saturated carbocycles. The molecule has 0 aromatic carbocycles. The van der Waals surface area contributed by atoms with Crippen LogP contribution >= 0.6 is 0 Å². The summed E-state index contributed by atoms with van der Waals surface area (Å²) in [5.74, 6) is 0. The predicted molar refractivity (Wildman–Crippen MR) is 25.6 cm³/mol. The smallest absolute Gasteiger partial charge is 0.0990 e. The summed E-state index contributed by atoms with van der Waals surface area (Å²) in [5, 5.41) is 0. The Kier molecular flexibility index (Phi) is 0.562. The molecule has 7 heavy (non-hydrogen) atoms. The maximum Gasteiger partial charge on any atom is 0.0990 e. The summed E-state index contributed by atoms with van der Waals surface area (Å²) in [6.45, 7) is 0. The molecule has 38 valence electrons. The molecule has 2 heteroatoms. The summed E-state index contributed by atoms with van der Waals surface area (Å²) < 4.78 is 0. The summed E-state index contributed by atoms with van der Waals surface area (Å²) >= 11 is 0. The Balaban J connectivity index is 2.27. The third-order valence-corrected chi connectivity index (χ3v) is 1.42. The molecule has 2 rings (SSSR count). The first kappa shape index (κ1) is 3.64. The molecule has 0 spiro atoms. The first-order valence-corrected chi connectivity index (χ1v) is 2.54. The van der Waals surface area contributed by atoms with E-state index < -0.39 is 0 Å². The van der Waals surface area contributed by atoms with E-state index in [2.05, 4.69) is 17.6 Å². The molecule has 1 aliphatic heterocycles. The van der Waals surface area contributed by atoms with Gasteiger partial charge in [0, 0.05) is 6.42 Å². The maximum atomic E-state index is 5.02. The van der Waals surface area contributed by atoms with Crippen molar-refractivity contribution in [3.05, 3.63) is 12.2 Å². The molecule has 1 saturated heterocycles. The molecule has 0 amide bonds. The van der Waals surface area contributed by atoms with Gasteiger partial charge in [0.1, 0.15) is 0 Å². The minimum atomic E-state index is 0.380. The molecular formula is C5H7NO. The van der Waals surface area contributed by atoms with Crippen LogP contribution in [0.4, 0.5) is 0 Å². The van der Waals surface area contributed by atoms with E-state index in [1.54, 1.807) is 0 Å². The van der Waals surface area contributed by atoms with Crippen molar-refractivity contribution in [3.63, 3.8) is 0 Å². The van der Waals surface area contributed by atoms with Crippen molar-refractivity contribution in [3.8, 4) is 0 Å². The van der Waals surface area contributed by atoms with E-state index in [0.717, 1.165) is 6.42 Å². The van der Waals surface area contributed by atoms with E-state index in [1.807, 2.05) is 0 Å². The van der Waals surface area contributed by atoms with E-state index in [0.29, 0.717) is 12.1 Å². The average molecular weight is 97.1 g/mol. The largest absolute Gasteiger partial charge is 0.294 e. The van der Waals surface area contributed by atoms with Crippen LogP contribution < -0.4 is 5.48 Å². The molecular weight excluding hydrogens is 90.1 g/mol. The van der Waals surface area contributed by atoms with Crippen molar-refractivity contribution >= 4 is 0 Å². The molecule has 2 bridgehead atoms. The zero-order chi connectivity index (χ0) is 4.69. The summed E-state index contributed by atoms with van der Waals surface area (Å²) in [6, 6.07) is 0.519. The van der Waals surface area contributed by atoms with E-state index in [9.17, 15) is 0 Å². The standard InChI is InChI=1S/C5H7NO/c1-2-5-3-4(1)6-7-5/h1-2,4-6H,3H2/t4-,5+/m0/s1. The second kappa shape index (κ2) is 1.08. The second-order valence-electron chi connectivity index (χ2n) is 2.00. The molecule has 2 aliphatic rings. The predicted octanol–water partition coefficient (Wildman–Crippen LogP) is 0.218. The van der Waals surface area contributed by atoms with Crippen LogP contribution in [0.25, 0.3) is 0 Å². The zero-order valence-corrected chi connectivity index (χ0v) is 3.92. The van der Waals surface area contributed by atoms with Crippen LogP contribution in [0.3, 0.4) is 0 Å². The van der Waals surface area contributed by atoms with Crippen molar-refractivity contribution in [1.82, 2.24) is 5.48 Å². The minimum Gasteiger partial charge on any atom is -0.294 e.